The van der Waals surface area contributed by atoms with Crippen molar-refractivity contribution in [2.24, 2.45) is 0 Å². The topological polar surface area (TPSA) is 69.0 Å². The molecule has 7 heteroatoms. The third-order valence-electron chi connectivity index (χ3n) is 3.04. The first-order chi connectivity index (χ1) is 10.0. The Hall–Kier alpha value is -2.18. The van der Waals surface area contributed by atoms with Gasteiger partial charge in [-0.25, -0.2) is 17.4 Å². The fourth-order valence-electron chi connectivity index (χ4n) is 2.06. The van der Waals surface area contributed by atoms with Crippen molar-refractivity contribution >= 4 is 38.9 Å². The molecule has 0 bridgehead atoms. The van der Waals surface area contributed by atoms with Crippen LogP contribution in [-0.2, 0) is 10.0 Å². The van der Waals surface area contributed by atoms with Crippen LogP contribution < -0.4 is 0 Å². The van der Waals surface area contributed by atoms with Gasteiger partial charge >= 0.3 is 0 Å². The third kappa shape index (κ3) is 2.22. The molecule has 2 heterocycles. The van der Waals surface area contributed by atoms with Crippen molar-refractivity contribution in [3.05, 3.63) is 59.4 Å². The second-order valence-corrected chi connectivity index (χ2v) is 6.59. The lowest BCUT2D eigenvalue weighted by molar-refractivity contribution is 0.112. The molecule has 1 aromatic carbocycles. The highest BCUT2D eigenvalue weighted by molar-refractivity contribution is 7.90. The first kappa shape index (κ1) is 13.8. The average Bonchev–Trinajstić information content (AvgIpc) is 2.86. The highest BCUT2D eigenvalue weighted by atomic mass is 35.5. The summed E-state index contributed by atoms with van der Waals surface area (Å²) in [5.74, 6) is 0. The van der Waals surface area contributed by atoms with E-state index in [1.54, 1.807) is 18.2 Å². The molecule has 106 valence electrons. The van der Waals surface area contributed by atoms with Crippen LogP contribution in [0.1, 0.15) is 10.4 Å². The number of nitrogens with zero attached hydrogens (tertiary/aromatic N) is 2. The predicted molar refractivity (Wildman–Crippen MR) is 79.2 cm³/mol. The zero-order valence-electron chi connectivity index (χ0n) is 10.6. The highest BCUT2D eigenvalue weighted by Crippen LogP contribution is 2.25. The number of rotatable bonds is 3. The molecule has 0 saturated carbocycles. The summed E-state index contributed by atoms with van der Waals surface area (Å²) in [6, 6.07) is 9.47. The Labute approximate surface area is 125 Å². The summed E-state index contributed by atoms with van der Waals surface area (Å²) in [6.45, 7) is 0. The number of aldehydes is 1. The number of hydrogen-bond donors (Lipinski definition) is 0. The molecule has 3 rings (SSSR count). The molecule has 2 aromatic heterocycles. The van der Waals surface area contributed by atoms with Gasteiger partial charge in [-0.3, -0.25) is 4.79 Å². The molecule has 0 amide bonds. The fourth-order valence-corrected chi connectivity index (χ4v) is 3.57. The van der Waals surface area contributed by atoms with E-state index < -0.39 is 10.0 Å². The van der Waals surface area contributed by atoms with Crippen molar-refractivity contribution in [3.63, 3.8) is 0 Å². The molecule has 0 aliphatic carbocycles. The second kappa shape index (κ2) is 4.98. The van der Waals surface area contributed by atoms with E-state index in [-0.39, 0.29) is 16.1 Å². The molecule has 5 nitrogen and oxygen atoms in total. The molecule has 0 aliphatic heterocycles. The Balaban J connectivity index is 2.33. The Morgan fingerprint density at radius 2 is 1.90 bits per heavy atom. The maximum Gasteiger partial charge on any atom is 0.269 e. The Morgan fingerprint density at radius 1 is 1.19 bits per heavy atom. The van der Waals surface area contributed by atoms with E-state index in [4.69, 9.17) is 11.6 Å². The zero-order valence-corrected chi connectivity index (χ0v) is 12.2. The van der Waals surface area contributed by atoms with E-state index in [0.717, 1.165) is 3.97 Å². The predicted octanol–water partition coefficient (Wildman–Crippen LogP) is 2.74. The number of fused-ring (bicyclic) bond motifs is 1. The zero-order chi connectivity index (χ0) is 15.0. The Morgan fingerprint density at radius 3 is 2.57 bits per heavy atom. The minimum atomic E-state index is -3.82. The molecule has 0 atom stereocenters. The molecule has 0 aliphatic rings. The number of benzene rings is 1. The van der Waals surface area contributed by atoms with Gasteiger partial charge in [-0.1, -0.05) is 29.8 Å². The summed E-state index contributed by atoms with van der Waals surface area (Å²) in [5.41, 5.74) is 0.393. The van der Waals surface area contributed by atoms with E-state index >= 15 is 0 Å². The minimum absolute atomic E-state index is 0.121. The maximum atomic E-state index is 12.6. The second-order valence-electron chi connectivity index (χ2n) is 4.34. The molecule has 0 fully saturated rings. The minimum Gasteiger partial charge on any atom is -0.298 e. The number of pyridine rings is 1. The standard InChI is InChI=1S/C14H9ClN2O3S/c15-11-6-13-10(9-18)8-17(14(13)16-7-11)21(19,20)12-4-2-1-3-5-12/h1-9H. The number of carbonyl (C=O) groups excluding carboxylic acids is 1. The van der Waals surface area contributed by atoms with Gasteiger partial charge in [0.25, 0.3) is 10.0 Å². The van der Waals surface area contributed by atoms with Crippen LogP contribution in [-0.4, -0.2) is 23.7 Å². The van der Waals surface area contributed by atoms with Gasteiger partial charge in [-0.15, -0.1) is 0 Å². The van der Waals surface area contributed by atoms with Gasteiger partial charge in [-0.05, 0) is 18.2 Å². The average molecular weight is 321 g/mol. The van der Waals surface area contributed by atoms with Gasteiger partial charge in [-0.2, -0.15) is 0 Å². The lowest BCUT2D eigenvalue weighted by atomic mass is 10.2. The molecule has 0 unspecified atom stereocenters. The van der Waals surface area contributed by atoms with E-state index in [1.165, 1.54) is 30.6 Å². The van der Waals surface area contributed by atoms with E-state index in [1.807, 2.05) is 0 Å². The van der Waals surface area contributed by atoms with Gasteiger partial charge in [0.1, 0.15) is 0 Å². The van der Waals surface area contributed by atoms with Crippen LogP contribution >= 0.6 is 11.6 Å². The monoisotopic (exact) mass is 320 g/mol. The summed E-state index contributed by atoms with van der Waals surface area (Å²) in [6.07, 6.45) is 3.18. The van der Waals surface area contributed by atoms with Gasteiger partial charge in [0.15, 0.2) is 11.9 Å². The smallest absolute Gasteiger partial charge is 0.269 e. The van der Waals surface area contributed by atoms with E-state index in [2.05, 4.69) is 4.98 Å². The van der Waals surface area contributed by atoms with Crippen molar-refractivity contribution in [1.29, 1.82) is 0 Å². The van der Waals surface area contributed by atoms with Crippen LogP contribution in [0.25, 0.3) is 11.0 Å². The summed E-state index contributed by atoms with van der Waals surface area (Å²) >= 11 is 5.85. The quantitative estimate of drug-likeness (QED) is 0.696. The number of halogens is 1. The van der Waals surface area contributed by atoms with Gasteiger partial charge in [0.05, 0.1) is 9.92 Å². The normalized spacial score (nSPS) is 11.7. The van der Waals surface area contributed by atoms with Crippen molar-refractivity contribution in [2.75, 3.05) is 0 Å². The molecular formula is C14H9ClN2O3S. The van der Waals surface area contributed by atoms with Crippen LogP contribution in [0, 0.1) is 0 Å². The van der Waals surface area contributed by atoms with Crippen LogP contribution in [0.5, 0.6) is 0 Å². The number of aromatic nitrogens is 2. The van der Waals surface area contributed by atoms with Crippen LogP contribution in [0.15, 0.2) is 53.7 Å². The van der Waals surface area contributed by atoms with E-state index in [9.17, 15) is 13.2 Å². The summed E-state index contributed by atoms with van der Waals surface area (Å²) in [5, 5.41) is 0.734. The molecule has 0 spiro atoms. The van der Waals surface area contributed by atoms with Gasteiger partial charge in [0, 0.05) is 23.3 Å². The first-order valence-corrected chi connectivity index (χ1v) is 7.78. The molecule has 21 heavy (non-hydrogen) atoms. The maximum absolute atomic E-state index is 12.6. The fraction of sp³-hybridized carbons (Fsp3) is 0. The van der Waals surface area contributed by atoms with Crippen molar-refractivity contribution < 1.29 is 13.2 Å². The molecule has 3 aromatic rings. The number of carbonyl (C=O) groups is 1. The van der Waals surface area contributed by atoms with E-state index in [0.29, 0.717) is 16.7 Å². The lowest BCUT2D eigenvalue weighted by Crippen LogP contribution is -2.12. The van der Waals surface area contributed by atoms with Crippen LogP contribution in [0.2, 0.25) is 5.02 Å². The molecule has 0 saturated heterocycles. The van der Waals surface area contributed by atoms with Crippen molar-refractivity contribution in [1.82, 2.24) is 8.96 Å². The summed E-state index contributed by atoms with van der Waals surface area (Å²) in [4.78, 5) is 15.3. The largest absolute Gasteiger partial charge is 0.298 e. The summed E-state index contributed by atoms with van der Waals surface area (Å²) in [7, 11) is -3.82. The first-order valence-electron chi connectivity index (χ1n) is 5.96. The molecular weight excluding hydrogens is 312 g/mol. The molecule has 0 N–H and O–H groups in total. The third-order valence-corrected chi connectivity index (χ3v) is 4.91. The highest BCUT2D eigenvalue weighted by Gasteiger charge is 2.21. The summed E-state index contributed by atoms with van der Waals surface area (Å²) < 4.78 is 26.3. The Kier molecular flexibility index (Phi) is 3.27. The van der Waals surface area contributed by atoms with Crippen LogP contribution in [0.4, 0.5) is 0 Å². The SMILES string of the molecule is O=Cc1cn(S(=O)(=O)c2ccccc2)c2ncc(Cl)cc12. The lowest BCUT2D eigenvalue weighted by Gasteiger charge is -2.06. The van der Waals surface area contributed by atoms with Gasteiger partial charge in [0.2, 0.25) is 0 Å². The molecule has 0 radical (unpaired) electrons. The van der Waals surface area contributed by atoms with Gasteiger partial charge < -0.3 is 0 Å². The van der Waals surface area contributed by atoms with Crippen molar-refractivity contribution in [3.8, 4) is 0 Å². The van der Waals surface area contributed by atoms with Crippen LogP contribution in [0.3, 0.4) is 0 Å². The Bertz CT molecular complexity index is 934. The number of hydrogen-bond acceptors (Lipinski definition) is 4. The van der Waals surface area contributed by atoms with Crippen molar-refractivity contribution in [2.45, 2.75) is 4.90 Å².